The van der Waals surface area contributed by atoms with Crippen LogP contribution in [0.1, 0.15) is 61.8 Å². The molecule has 3 aromatic rings. The molecule has 0 bridgehead atoms. The van der Waals surface area contributed by atoms with Gasteiger partial charge in [-0.3, -0.25) is 39.2 Å². The summed E-state index contributed by atoms with van der Waals surface area (Å²) in [6.07, 6.45) is 9.18. The fourth-order valence-electron chi connectivity index (χ4n) is 4.66. The number of carboxylic acid groups (broad SMARTS) is 3. The Bertz CT molecular complexity index is 2120. The molecular formula is C37H56ClN5O14S6. The van der Waals surface area contributed by atoms with Crippen LogP contribution in [0.25, 0.3) is 0 Å². The maximum Gasteiger partial charge on any atom is 0.322 e. The number of aliphatic carboxylic acids is 3. The monoisotopic (exact) mass is 1020 g/mol. The Morgan fingerprint density at radius 3 is 1.48 bits per heavy atom. The van der Waals surface area contributed by atoms with Crippen molar-refractivity contribution in [2.45, 2.75) is 108 Å². The van der Waals surface area contributed by atoms with Gasteiger partial charge in [-0.05, 0) is 77.9 Å². The van der Waals surface area contributed by atoms with Crippen LogP contribution in [0.3, 0.4) is 0 Å². The van der Waals surface area contributed by atoms with Crippen LogP contribution in [0, 0.1) is 5.92 Å². The third kappa shape index (κ3) is 22.4. The molecule has 3 aromatic heterocycles. The molecule has 2 aliphatic heterocycles. The summed E-state index contributed by atoms with van der Waals surface area (Å²) < 4.78 is 73.9. The number of carbonyl (C=O) groups is 4. The number of hydrogen-bond acceptors (Lipinski definition) is 18. The van der Waals surface area contributed by atoms with Gasteiger partial charge in [-0.1, -0.05) is 20.3 Å². The van der Waals surface area contributed by atoms with Crippen molar-refractivity contribution in [2.24, 2.45) is 11.7 Å². The Kier molecular flexibility index (Phi) is 27.2. The van der Waals surface area contributed by atoms with Gasteiger partial charge in [-0.15, -0.1) is 11.8 Å². The number of carbonyl (C=O) groups excluding carboxylic acids is 1. The summed E-state index contributed by atoms with van der Waals surface area (Å²) in [7, 11) is -6.34. The lowest BCUT2D eigenvalue weighted by Crippen LogP contribution is -2.45. The number of sulfone groups is 1. The topological polar surface area (TPSA) is 328 Å². The fraction of sp³-hybridized carbons (Fsp3) is 0.486. The molecule has 356 valence electrons. The van der Waals surface area contributed by atoms with Gasteiger partial charge >= 0.3 is 17.9 Å². The molecule has 2 fully saturated rings. The highest BCUT2D eigenvalue weighted by Crippen LogP contribution is 2.46. The maximum absolute atomic E-state index is 12.5. The van der Waals surface area contributed by atoms with Gasteiger partial charge in [-0.2, -0.15) is 32.8 Å². The molecule has 0 aliphatic carbocycles. The van der Waals surface area contributed by atoms with Crippen LogP contribution in [0.4, 0.5) is 0 Å². The van der Waals surface area contributed by atoms with E-state index in [4.69, 9.17) is 36.0 Å². The number of thioether (sulfide) groups is 2. The Morgan fingerprint density at radius 2 is 1.25 bits per heavy atom. The smallest absolute Gasteiger partial charge is 0.322 e. The van der Waals surface area contributed by atoms with Crippen LogP contribution < -0.4 is 11.1 Å². The molecule has 0 amide bonds. The van der Waals surface area contributed by atoms with Crippen LogP contribution in [0.2, 0.25) is 0 Å². The van der Waals surface area contributed by atoms with E-state index in [0.29, 0.717) is 5.75 Å². The average molecular weight is 1020 g/mol. The third-order valence-corrected chi connectivity index (χ3v) is 15.5. The van der Waals surface area contributed by atoms with E-state index in [2.05, 4.69) is 46.7 Å². The number of rotatable bonds is 8. The molecule has 63 heavy (non-hydrogen) atoms. The summed E-state index contributed by atoms with van der Waals surface area (Å²) >= 11 is 7.01. The first-order chi connectivity index (χ1) is 28.8. The summed E-state index contributed by atoms with van der Waals surface area (Å²) in [6.45, 7) is 17.0. The van der Waals surface area contributed by atoms with E-state index >= 15 is 0 Å². The van der Waals surface area contributed by atoms with E-state index in [9.17, 15) is 44.7 Å². The first kappa shape index (κ1) is 61.7. The Morgan fingerprint density at radius 1 is 0.841 bits per heavy atom. The van der Waals surface area contributed by atoms with Gasteiger partial charge < -0.3 is 25.8 Å². The second kappa shape index (κ2) is 27.8. The number of nitrogens with one attached hydrogen (secondary N) is 1. The number of thiol groups is 1. The molecule has 0 radical (unpaired) electrons. The van der Waals surface area contributed by atoms with Crippen molar-refractivity contribution in [1.82, 2.24) is 20.3 Å². The van der Waals surface area contributed by atoms with Gasteiger partial charge in [0.25, 0.3) is 19.2 Å². The lowest BCUT2D eigenvalue weighted by atomic mass is 9.93. The van der Waals surface area contributed by atoms with Gasteiger partial charge in [0.2, 0.25) is 0 Å². The zero-order valence-electron chi connectivity index (χ0n) is 35.7. The highest BCUT2D eigenvalue weighted by molar-refractivity contribution is 8.13. The van der Waals surface area contributed by atoms with Gasteiger partial charge in [0, 0.05) is 73.7 Å². The van der Waals surface area contributed by atoms with Gasteiger partial charge in [0.1, 0.15) is 28.7 Å². The molecular weight excluding hydrogens is 966 g/mol. The zero-order chi connectivity index (χ0) is 49.6. The second-order valence-corrected chi connectivity index (χ2v) is 24.9. The normalized spacial score (nSPS) is 18.8. The van der Waals surface area contributed by atoms with Crippen molar-refractivity contribution in [1.29, 1.82) is 0 Å². The lowest BCUT2D eigenvalue weighted by Gasteiger charge is -2.25. The molecule has 7 N–H and O–H groups in total. The Balaban J connectivity index is 0. The molecule has 0 aromatic carbocycles. The van der Waals surface area contributed by atoms with Crippen molar-refractivity contribution in [3.8, 4) is 0 Å². The number of carboxylic acids is 3. The Hall–Kier alpha value is -3.40. The molecule has 0 spiro atoms. The number of pyridine rings is 3. The zero-order valence-corrected chi connectivity index (χ0v) is 41.5. The van der Waals surface area contributed by atoms with Crippen molar-refractivity contribution < 1.29 is 64.3 Å². The fourth-order valence-corrected chi connectivity index (χ4v) is 10.8. The third-order valence-electron chi connectivity index (χ3n) is 7.92. The molecule has 2 saturated heterocycles. The van der Waals surface area contributed by atoms with Crippen LogP contribution >= 0.6 is 46.8 Å². The predicted octanol–water partition coefficient (Wildman–Crippen LogP) is 4.64. The highest BCUT2D eigenvalue weighted by atomic mass is 35.7. The highest BCUT2D eigenvalue weighted by Gasteiger charge is 2.53. The van der Waals surface area contributed by atoms with E-state index in [1.54, 1.807) is 39.5 Å². The SMILES string of the molecule is C=O.CC(C)(S)[C@H](N)C(=O)O.CC1(C)SCC(S(=O)(=O)c2cccnc2)[C@@H]1C(=O)O.CC1(C)SCN[C@@H]1C(=O)O.CCC.O=S(=O)(Cl)c1cccnc1.O=S(=O)(O)c1cccnc1. The standard InChI is InChI=1S/C12H15NO4S2.C6H11NO2S.C5H4ClNO2S.C5H5NO3S.C5H11NO2S.C3H8.CH2O/c1-12(2)10(11(14)15)9(7-18-12)19(16,17)8-4-3-5-13-6-8;1-6(2)4(5(8)9)7-3-10-6;6-10(8,9)5-2-1-3-7-4-5;7-10(8,9)5-2-1-3-6-4-5;1-5(2,9)3(6)4(7)8;1-3-2;1-2/h3-6,9-10H,7H2,1-2H3,(H,14,15);4,7H,3H2,1-2H3,(H,8,9);1-4H;1-4H,(H,7,8,9);3,9H,6H2,1-2H3,(H,7,8);3H2,1-2H3;1H2/t9?,10-;4-;;;3-;;/m11..1../s1. The number of halogens is 1. The predicted molar refractivity (Wildman–Crippen MR) is 247 cm³/mol. The van der Waals surface area contributed by atoms with Crippen LogP contribution in [-0.4, -0.2) is 128 Å². The summed E-state index contributed by atoms with van der Waals surface area (Å²) in [5, 5.41) is 28.4. The first-order valence-corrected chi connectivity index (χ1v) is 25.8. The molecule has 2 aliphatic rings. The number of nitrogens with zero attached hydrogens (tertiary/aromatic N) is 3. The summed E-state index contributed by atoms with van der Waals surface area (Å²) in [4.78, 5) is 50.9. The molecule has 4 atom stereocenters. The lowest BCUT2D eigenvalue weighted by molar-refractivity contribution is -0.142. The largest absolute Gasteiger partial charge is 0.481 e. The van der Waals surface area contributed by atoms with E-state index in [-0.39, 0.29) is 19.4 Å². The molecule has 0 saturated carbocycles. The molecule has 19 nitrogen and oxygen atoms in total. The number of aromatic nitrogens is 3. The minimum atomic E-state index is -4.07. The van der Waals surface area contributed by atoms with Crippen molar-refractivity contribution in [3.63, 3.8) is 0 Å². The summed E-state index contributed by atoms with van der Waals surface area (Å²) in [6, 6.07) is 7.29. The van der Waals surface area contributed by atoms with Crippen LogP contribution in [0.15, 0.2) is 88.3 Å². The first-order valence-electron chi connectivity index (χ1n) is 18.1. The van der Waals surface area contributed by atoms with E-state index in [0.717, 1.165) is 12.1 Å². The minimum absolute atomic E-state index is 0.0247. The molecule has 1 unspecified atom stereocenters. The van der Waals surface area contributed by atoms with E-state index < -0.39 is 79.7 Å². The Labute approximate surface area is 387 Å². The number of hydrogen-bond donors (Lipinski definition) is 7. The van der Waals surface area contributed by atoms with E-state index in [1.807, 2.05) is 20.6 Å². The maximum atomic E-state index is 12.5. The molecule has 26 heteroatoms. The minimum Gasteiger partial charge on any atom is -0.481 e. The quantitative estimate of drug-likeness (QED) is 0.0918. The van der Waals surface area contributed by atoms with Crippen LogP contribution in [-0.2, 0) is 48.2 Å². The molecule has 5 rings (SSSR count). The number of nitrogens with two attached hydrogens (primary N) is 1. The van der Waals surface area contributed by atoms with E-state index in [1.165, 1.54) is 85.6 Å². The van der Waals surface area contributed by atoms with Crippen molar-refractivity contribution in [2.75, 3.05) is 11.6 Å². The van der Waals surface area contributed by atoms with Crippen molar-refractivity contribution >= 4 is 101 Å². The second-order valence-electron chi connectivity index (χ2n) is 14.3. The van der Waals surface area contributed by atoms with Gasteiger partial charge in [0.15, 0.2) is 9.84 Å². The van der Waals surface area contributed by atoms with Crippen LogP contribution in [0.5, 0.6) is 0 Å². The van der Waals surface area contributed by atoms with Gasteiger partial charge in [0.05, 0.1) is 16.1 Å². The average Bonchev–Trinajstić information content (AvgIpc) is 3.74. The van der Waals surface area contributed by atoms with Crippen molar-refractivity contribution in [3.05, 3.63) is 73.6 Å². The molecule has 5 heterocycles. The summed E-state index contributed by atoms with van der Waals surface area (Å²) in [5.74, 6) is -2.72. The summed E-state index contributed by atoms with van der Waals surface area (Å²) in [5.41, 5.74) is 5.22. The van der Waals surface area contributed by atoms with Gasteiger partial charge in [-0.25, -0.2) is 16.8 Å².